The highest BCUT2D eigenvalue weighted by molar-refractivity contribution is 5.84. The molecular formula is C12H7N5O. The molecule has 0 aliphatic heterocycles. The highest BCUT2D eigenvalue weighted by Gasteiger charge is 2.08. The molecule has 86 valence electrons. The minimum atomic E-state index is -0.232. The van der Waals surface area contributed by atoms with Crippen molar-refractivity contribution < 1.29 is 4.79 Å². The lowest BCUT2D eigenvalue weighted by molar-refractivity contribution is -0.109. The van der Waals surface area contributed by atoms with Gasteiger partial charge in [0.2, 0.25) is 6.41 Å². The standard InChI is InChI=1S/C12H7N5O/c13-5-10(6-14)12(7-15)9-1-3-11(4-2-9)17-16-8-18/h1-4,8,17H,(H,16,18). The molecule has 0 spiro atoms. The lowest BCUT2D eigenvalue weighted by Crippen LogP contribution is -2.18. The van der Waals surface area contributed by atoms with Gasteiger partial charge in [0.1, 0.15) is 23.8 Å². The van der Waals surface area contributed by atoms with Crippen LogP contribution in [0, 0.1) is 34.0 Å². The maximum Gasteiger partial charge on any atom is 0.225 e. The summed E-state index contributed by atoms with van der Waals surface area (Å²) in [6.45, 7) is 0. The van der Waals surface area contributed by atoms with Gasteiger partial charge >= 0.3 is 0 Å². The van der Waals surface area contributed by atoms with E-state index in [2.05, 4.69) is 10.9 Å². The predicted molar refractivity (Wildman–Crippen MR) is 63.0 cm³/mol. The average molecular weight is 237 g/mol. The summed E-state index contributed by atoms with van der Waals surface area (Å²) in [6, 6.07) is 11.5. The summed E-state index contributed by atoms with van der Waals surface area (Å²) < 4.78 is 0. The second-order valence-corrected chi connectivity index (χ2v) is 3.05. The van der Waals surface area contributed by atoms with Crippen molar-refractivity contribution >= 4 is 17.7 Å². The van der Waals surface area contributed by atoms with Gasteiger partial charge in [-0.05, 0) is 17.7 Å². The fourth-order valence-electron chi connectivity index (χ4n) is 1.23. The maximum absolute atomic E-state index is 10.1. The van der Waals surface area contributed by atoms with E-state index in [-0.39, 0.29) is 11.1 Å². The molecular weight excluding hydrogens is 230 g/mol. The molecule has 0 heterocycles. The average Bonchev–Trinajstić information content (AvgIpc) is 2.43. The second kappa shape index (κ2) is 6.32. The van der Waals surface area contributed by atoms with Crippen molar-refractivity contribution in [2.75, 3.05) is 5.43 Å². The molecule has 6 nitrogen and oxygen atoms in total. The van der Waals surface area contributed by atoms with Crippen molar-refractivity contribution in [3.8, 4) is 18.2 Å². The first-order valence-electron chi connectivity index (χ1n) is 4.77. The Hall–Kier alpha value is -3.30. The second-order valence-electron chi connectivity index (χ2n) is 3.05. The first-order valence-corrected chi connectivity index (χ1v) is 4.77. The number of hydrogen-bond acceptors (Lipinski definition) is 5. The van der Waals surface area contributed by atoms with Gasteiger partial charge in [-0.15, -0.1) is 0 Å². The number of nitrogens with zero attached hydrogens (tertiary/aromatic N) is 3. The molecule has 1 aromatic rings. The van der Waals surface area contributed by atoms with Gasteiger partial charge in [0.05, 0.1) is 11.3 Å². The molecule has 1 rings (SSSR count). The van der Waals surface area contributed by atoms with Crippen LogP contribution < -0.4 is 10.9 Å². The first-order chi connectivity index (χ1) is 8.76. The molecule has 0 saturated heterocycles. The van der Waals surface area contributed by atoms with Crippen LogP contribution in [0.5, 0.6) is 0 Å². The van der Waals surface area contributed by atoms with Gasteiger partial charge in [-0.1, -0.05) is 12.1 Å². The van der Waals surface area contributed by atoms with Crippen molar-refractivity contribution in [1.82, 2.24) is 5.43 Å². The normalized spacial score (nSPS) is 8.06. The fraction of sp³-hybridized carbons (Fsp3) is 0. The summed E-state index contributed by atoms with van der Waals surface area (Å²) in [5, 5.41) is 26.4. The molecule has 0 bridgehead atoms. The molecule has 0 radical (unpaired) electrons. The Morgan fingerprint density at radius 3 is 2.11 bits per heavy atom. The van der Waals surface area contributed by atoms with Gasteiger partial charge in [-0.25, -0.2) is 0 Å². The van der Waals surface area contributed by atoms with E-state index in [4.69, 9.17) is 15.8 Å². The zero-order valence-electron chi connectivity index (χ0n) is 9.14. The van der Waals surface area contributed by atoms with E-state index >= 15 is 0 Å². The van der Waals surface area contributed by atoms with Crippen LogP contribution in [0.4, 0.5) is 5.69 Å². The summed E-state index contributed by atoms with van der Waals surface area (Å²) in [4.78, 5) is 10.1. The minimum absolute atomic E-state index is 0.0231. The summed E-state index contributed by atoms with van der Waals surface area (Å²) in [7, 11) is 0. The quantitative estimate of drug-likeness (QED) is 0.462. The molecule has 1 aromatic carbocycles. The third kappa shape index (κ3) is 2.85. The van der Waals surface area contributed by atoms with Crippen LogP contribution in [-0.2, 0) is 4.79 Å². The van der Waals surface area contributed by atoms with Crippen LogP contribution in [0.1, 0.15) is 5.56 Å². The smallest absolute Gasteiger partial charge is 0.225 e. The highest BCUT2D eigenvalue weighted by Crippen LogP contribution is 2.19. The van der Waals surface area contributed by atoms with E-state index in [1.807, 2.05) is 6.07 Å². The summed E-state index contributed by atoms with van der Waals surface area (Å²) in [6.07, 6.45) is 0.484. The lowest BCUT2D eigenvalue weighted by Gasteiger charge is -2.04. The highest BCUT2D eigenvalue weighted by atomic mass is 16.1. The molecule has 0 aromatic heterocycles. The van der Waals surface area contributed by atoms with Crippen LogP contribution in [0.3, 0.4) is 0 Å². The van der Waals surface area contributed by atoms with Crippen LogP contribution in [0.25, 0.3) is 5.57 Å². The third-order valence-electron chi connectivity index (χ3n) is 2.03. The number of allylic oxidation sites excluding steroid dienone is 2. The molecule has 2 N–H and O–H groups in total. The Bertz CT molecular complexity index is 579. The van der Waals surface area contributed by atoms with Gasteiger partial charge in [0, 0.05) is 0 Å². The number of benzene rings is 1. The first kappa shape index (κ1) is 12.8. The van der Waals surface area contributed by atoms with Gasteiger partial charge in [0.15, 0.2) is 0 Å². The van der Waals surface area contributed by atoms with Crippen LogP contribution in [0.2, 0.25) is 0 Å². The zero-order valence-corrected chi connectivity index (χ0v) is 9.14. The molecule has 18 heavy (non-hydrogen) atoms. The van der Waals surface area contributed by atoms with E-state index in [1.54, 1.807) is 36.4 Å². The van der Waals surface area contributed by atoms with E-state index in [0.29, 0.717) is 17.7 Å². The molecule has 0 aliphatic rings. The SMILES string of the molecule is N#CC(C#N)=C(C#N)c1ccc(NNC=O)cc1. The number of nitrogens with one attached hydrogen (secondary N) is 2. The van der Waals surface area contributed by atoms with E-state index in [0.717, 1.165) is 0 Å². The predicted octanol–water partition coefficient (Wildman–Crippen LogP) is 1.08. The van der Waals surface area contributed by atoms with Crippen LogP contribution >= 0.6 is 0 Å². The van der Waals surface area contributed by atoms with Gasteiger partial charge in [-0.2, -0.15) is 15.8 Å². The van der Waals surface area contributed by atoms with Gasteiger partial charge < -0.3 is 0 Å². The number of hydrazine groups is 1. The number of hydrogen-bond donors (Lipinski definition) is 2. The fourth-order valence-corrected chi connectivity index (χ4v) is 1.23. The van der Waals surface area contributed by atoms with Gasteiger partial charge in [-0.3, -0.25) is 15.6 Å². The van der Waals surface area contributed by atoms with Gasteiger partial charge in [0.25, 0.3) is 0 Å². The minimum Gasteiger partial charge on any atom is -0.299 e. The van der Waals surface area contributed by atoms with Crippen molar-refractivity contribution in [3.63, 3.8) is 0 Å². The van der Waals surface area contributed by atoms with E-state index < -0.39 is 0 Å². The molecule has 0 fully saturated rings. The number of nitriles is 3. The molecule has 0 atom stereocenters. The molecule has 0 aliphatic carbocycles. The number of amides is 1. The van der Waals surface area contributed by atoms with Crippen molar-refractivity contribution in [2.45, 2.75) is 0 Å². The number of anilines is 1. The summed E-state index contributed by atoms with van der Waals surface area (Å²) in [5.41, 5.74) is 5.71. The summed E-state index contributed by atoms with van der Waals surface area (Å²) in [5.74, 6) is 0. The Labute approximate surface area is 103 Å². The molecule has 0 unspecified atom stereocenters. The van der Waals surface area contributed by atoms with Crippen molar-refractivity contribution in [1.29, 1.82) is 15.8 Å². The Morgan fingerprint density at radius 2 is 1.67 bits per heavy atom. The van der Waals surface area contributed by atoms with Crippen molar-refractivity contribution in [2.24, 2.45) is 0 Å². The number of carbonyl (C=O) groups is 1. The van der Waals surface area contributed by atoms with E-state index in [1.165, 1.54) is 0 Å². The van der Waals surface area contributed by atoms with Crippen LogP contribution in [-0.4, -0.2) is 6.41 Å². The Morgan fingerprint density at radius 1 is 1.06 bits per heavy atom. The van der Waals surface area contributed by atoms with Crippen LogP contribution in [0.15, 0.2) is 29.8 Å². The number of carbonyl (C=O) groups excluding carboxylic acids is 1. The topological polar surface area (TPSA) is 112 Å². The largest absolute Gasteiger partial charge is 0.299 e. The lowest BCUT2D eigenvalue weighted by atomic mass is 10.0. The number of rotatable bonds is 4. The molecule has 0 saturated carbocycles. The molecule has 6 heteroatoms. The third-order valence-corrected chi connectivity index (χ3v) is 2.03. The maximum atomic E-state index is 10.1. The van der Waals surface area contributed by atoms with Crippen molar-refractivity contribution in [3.05, 3.63) is 35.4 Å². The summed E-state index contributed by atoms with van der Waals surface area (Å²) >= 11 is 0. The van der Waals surface area contributed by atoms with E-state index in [9.17, 15) is 4.79 Å². The Balaban J connectivity index is 3.09. The monoisotopic (exact) mass is 237 g/mol. The molecule has 1 amide bonds. The zero-order chi connectivity index (χ0) is 13.4. The Kier molecular flexibility index (Phi) is 4.48.